The van der Waals surface area contributed by atoms with E-state index in [1.165, 1.54) is 25.2 Å². The van der Waals surface area contributed by atoms with Gasteiger partial charge in [0.25, 0.3) is 11.5 Å². The summed E-state index contributed by atoms with van der Waals surface area (Å²) in [6.45, 7) is 2.22. The van der Waals surface area contributed by atoms with Crippen molar-refractivity contribution in [1.82, 2.24) is 18.6 Å². The molecule has 2 atom stereocenters. The summed E-state index contributed by atoms with van der Waals surface area (Å²) in [5, 5.41) is 13.4. The Morgan fingerprint density at radius 3 is 2.30 bits per heavy atom. The minimum Gasteiger partial charge on any atom is -0.494 e. The van der Waals surface area contributed by atoms with E-state index in [-0.39, 0.29) is 35.3 Å². The summed E-state index contributed by atoms with van der Waals surface area (Å²) in [4.78, 5) is 48.5. The Morgan fingerprint density at radius 1 is 0.778 bits per heavy atom. The van der Waals surface area contributed by atoms with Crippen LogP contribution in [0.1, 0.15) is 51.5 Å². The van der Waals surface area contributed by atoms with Crippen LogP contribution in [0.15, 0.2) is 136 Å². The van der Waals surface area contributed by atoms with Crippen LogP contribution < -0.4 is 11.2 Å². The van der Waals surface area contributed by atoms with Gasteiger partial charge in [-0.15, -0.1) is 0 Å². The standard InChI is InChI=1S/C44H38FN5O4/c1-27(39-42(52)48(3)44(54)50(43(39)53)31-15-11-14-30(45)25-31)46-26-36-32-16-7-8-18-34(32)41(51)49(23-22-28-12-5-4-6-13-28)40(36)29-20-21-38-35(24-29)33-17-9-10-19-37(33)47(38)2/h4-21,24-25,36,40,52H,22-23,26H2,1-3H3/t36-,40-/m0/s1. The number of carbonyl (C=O) groups is 1. The predicted octanol–water partition coefficient (Wildman–Crippen LogP) is 7.06. The van der Waals surface area contributed by atoms with Gasteiger partial charge >= 0.3 is 5.69 Å². The number of hydrogen-bond donors (Lipinski definition) is 1. The van der Waals surface area contributed by atoms with Gasteiger partial charge in [-0.3, -0.25) is 19.1 Å². The maximum absolute atomic E-state index is 14.5. The normalized spacial score (nSPS) is 16.0. The van der Waals surface area contributed by atoms with E-state index in [2.05, 4.69) is 47.0 Å². The van der Waals surface area contributed by atoms with Crippen LogP contribution in [0, 0.1) is 5.82 Å². The van der Waals surface area contributed by atoms with Gasteiger partial charge in [-0.1, -0.05) is 78.9 Å². The van der Waals surface area contributed by atoms with Crippen LogP contribution in [0.3, 0.4) is 0 Å². The molecule has 0 bridgehead atoms. The Labute approximate surface area is 310 Å². The highest BCUT2D eigenvalue weighted by atomic mass is 19.1. The largest absolute Gasteiger partial charge is 0.494 e. The first-order valence-corrected chi connectivity index (χ1v) is 17.9. The van der Waals surface area contributed by atoms with E-state index < -0.39 is 29.0 Å². The van der Waals surface area contributed by atoms with Gasteiger partial charge in [0.1, 0.15) is 11.4 Å². The average Bonchev–Trinajstić information content (AvgIpc) is 3.47. The molecule has 54 heavy (non-hydrogen) atoms. The Kier molecular flexibility index (Phi) is 8.81. The van der Waals surface area contributed by atoms with E-state index in [9.17, 15) is 23.9 Å². The molecule has 0 aliphatic carbocycles. The fourth-order valence-electron chi connectivity index (χ4n) is 7.97. The van der Waals surface area contributed by atoms with Crippen LogP contribution in [0.2, 0.25) is 0 Å². The summed E-state index contributed by atoms with van der Waals surface area (Å²) in [5.41, 5.74) is 4.08. The van der Waals surface area contributed by atoms with Gasteiger partial charge in [-0.05, 0) is 72.5 Å². The van der Waals surface area contributed by atoms with Gasteiger partial charge < -0.3 is 14.6 Å². The highest BCUT2D eigenvalue weighted by Gasteiger charge is 2.40. The highest BCUT2D eigenvalue weighted by molar-refractivity contribution is 6.08. The zero-order valence-corrected chi connectivity index (χ0v) is 30.1. The number of carbonyl (C=O) groups excluding carboxylic acids is 1. The van der Waals surface area contributed by atoms with Crippen molar-refractivity contribution < 1.29 is 14.3 Å². The highest BCUT2D eigenvalue weighted by Crippen LogP contribution is 2.44. The van der Waals surface area contributed by atoms with Gasteiger partial charge in [-0.25, -0.2) is 13.8 Å². The molecule has 1 aliphatic heterocycles. The number of hydrogen-bond acceptors (Lipinski definition) is 5. The molecule has 7 aromatic rings. The molecule has 5 aromatic carbocycles. The van der Waals surface area contributed by atoms with E-state index in [1.807, 2.05) is 66.5 Å². The molecule has 2 aromatic heterocycles. The lowest BCUT2D eigenvalue weighted by Crippen LogP contribution is -2.44. The Balaban J connectivity index is 1.28. The van der Waals surface area contributed by atoms with Crippen LogP contribution >= 0.6 is 0 Å². The number of aryl methyl sites for hydroxylation is 1. The zero-order valence-electron chi connectivity index (χ0n) is 30.1. The van der Waals surface area contributed by atoms with E-state index in [1.54, 1.807) is 6.92 Å². The third-order valence-electron chi connectivity index (χ3n) is 10.7. The molecular weight excluding hydrogens is 682 g/mol. The van der Waals surface area contributed by atoms with Crippen molar-refractivity contribution in [3.05, 3.63) is 176 Å². The van der Waals surface area contributed by atoms with Gasteiger partial charge in [0.2, 0.25) is 5.88 Å². The molecule has 0 saturated carbocycles. The molecule has 1 amide bonds. The second kappa shape index (κ2) is 13.8. The van der Waals surface area contributed by atoms with Crippen LogP contribution in [-0.4, -0.2) is 48.4 Å². The molecular formula is C44H38FN5O4. The van der Waals surface area contributed by atoms with Crippen molar-refractivity contribution in [1.29, 1.82) is 0 Å². The zero-order chi connectivity index (χ0) is 37.7. The number of aliphatic imine (C=N–C) groups is 1. The fraction of sp³-hybridized carbons (Fsp3) is 0.182. The number of aromatic nitrogens is 3. The summed E-state index contributed by atoms with van der Waals surface area (Å²) in [6, 6.07) is 37.0. The Morgan fingerprint density at radius 2 is 1.50 bits per heavy atom. The van der Waals surface area contributed by atoms with Crippen LogP contribution in [0.4, 0.5) is 4.39 Å². The van der Waals surface area contributed by atoms with Crippen molar-refractivity contribution in [2.24, 2.45) is 19.1 Å². The summed E-state index contributed by atoms with van der Waals surface area (Å²) in [7, 11) is 3.39. The summed E-state index contributed by atoms with van der Waals surface area (Å²) in [5.74, 6) is -1.58. The number of fused-ring (bicyclic) bond motifs is 4. The first-order chi connectivity index (χ1) is 26.1. The third-order valence-corrected chi connectivity index (χ3v) is 10.7. The summed E-state index contributed by atoms with van der Waals surface area (Å²) >= 11 is 0. The lowest BCUT2D eigenvalue weighted by atomic mass is 9.79. The van der Waals surface area contributed by atoms with Crippen molar-refractivity contribution >= 4 is 33.4 Å². The quantitative estimate of drug-likeness (QED) is 0.170. The maximum Gasteiger partial charge on any atom is 0.338 e. The number of amides is 1. The molecule has 1 N–H and O–H groups in total. The van der Waals surface area contributed by atoms with Gasteiger partial charge in [-0.2, -0.15) is 0 Å². The molecule has 3 heterocycles. The predicted molar refractivity (Wildman–Crippen MR) is 210 cm³/mol. The number of benzene rings is 5. The Bertz CT molecular complexity index is 2750. The monoisotopic (exact) mass is 719 g/mol. The number of rotatable bonds is 8. The van der Waals surface area contributed by atoms with Crippen LogP contribution in [0.5, 0.6) is 5.88 Å². The second-order valence-corrected chi connectivity index (χ2v) is 13.8. The maximum atomic E-state index is 14.5. The minimum absolute atomic E-state index is 0.0346. The van der Waals surface area contributed by atoms with Gasteiger partial charge in [0, 0.05) is 66.2 Å². The molecule has 0 unspecified atom stereocenters. The number of para-hydroxylation sites is 1. The summed E-state index contributed by atoms with van der Waals surface area (Å²) in [6.07, 6.45) is 0.641. The number of nitrogens with zero attached hydrogens (tertiary/aromatic N) is 5. The van der Waals surface area contributed by atoms with Crippen molar-refractivity contribution in [3.8, 4) is 11.6 Å². The lowest BCUT2D eigenvalue weighted by molar-refractivity contribution is 0.0614. The van der Waals surface area contributed by atoms with E-state index in [0.29, 0.717) is 18.5 Å². The molecule has 9 nitrogen and oxygen atoms in total. The summed E-state index contributed by atoms with van der Waals surface area (Å²) < 4.78 is 18.2. The first kappa shape index (κ1) is 34.5. The second-order valence-electron chi connectivity index (χ2n) is 13.8. The van der Waals surface area contributed by atoms with Gasteiger partial charge in [0.15, 0.2) is 0 Å². The molecule has 10 heteroatoms. The smallest absolute Gasteiger partial charge is 0.338 e. The SMILES string of the molecule is CC(=NC[C@H]1c2ccccc2C(=O)N(CCc2ccccc2)[C@H]1c1ccc2c(c1)c1ccccc1n2C)c1c(O)n(C)c(=O)n(-c2cccc(F)c2)c1=O. The first-order valence-electron chi connectivity index (χ1n) is 17.9. The van der Waals surface area contributed by atoms with Crippen LogP contribution in [0.25, 0.3) is 27.5 Å². The van der Waals surface area contributed by atoms with Crippen LogP contribution in [-0.2, 0) is 20.5 Å². The van der Waals surface area contributed by atoms with Crippen molar-refractivity contribution in [2.75, 3.05) is 13.1 Å². The van der Waals surface area contributed by atoms with Crippen molar-refractivity contribution in [2.45, 2.75) is 25.3 Å². The molecule has 0 saturated heterocycles. The average molecular weight is 720 g/mol. The van der Waals surface area contributed by atoms with Crippen molar-refractivity contribution in [3.63, 3.8) is 0 Å². The molecule has 1 aliphatic rings. The fourth-order valence-corrected chi connectivity index (χ4v) is 7.97. The number of halogens is 1. The Hall–Kier alpha value is -6.55. The minimum atomic E-state index is -0.822. The third kappa shape index (κ3) is 5.80. The van der Waals surface area contributed by atoms with E-state index in [0.717, 1.165) is 53.7 Å². The molecule has 0 spiro atoms. The molecule has 0 radical (unpaired) electrons. The molecule has 8 rings (SSSR count). The lowest BCUT2D eigenvalue weighted by Gasteiger charge is -2.42. The van der Waals surface area contributed by atoms with E-state index >= 15 is 0 Å². The topological polar surface area (TPSA) is 102 Å². The van der Waals surface area contributed by atoms with Gasteiger partial charge in [0.05, 0.1) is 11.7 Å². The van der Waals surface area contributed by atoms with E-state index in [4.69, 9.17) is 4.99 Å². The molecule has 0 fully saturated rings. The molecule has 270 valence electrons. The number of aromatic hydroxyl groups is 1.